The molecule has 0 spiro atoms. The van der Waals surface area contributed by atoms with Gasteiger partial charge >= 0.3 is 0 Å². The monoisotopic (exact) mass is 364 g/mol. The second-order valence-electron chi connectivity index (χ2n) is 6.28. The lowest BCUT2D eigenvalue weighted by Crippen LogP contribution is -2.30. The molecule has 1 N–H and O–H groups in total. The molecule has 136 valence electrons. The molecule has 6 nitrogen and oxygen atoms in total. The summed E-state index contributed by atoms with van der Waals surface area (Å²) in [6.45, 7) is 4.55. The van der Waals surface area contributed by atoms with Gasteiger partial charge < -0.3 is 15.0 Å². The third kappa shape index (κ3) is 4.14. The molecule has 1 aliphatic heterocycles. The number of ether oxygens (including phenoxy) is 1. The summed E-state index contributed by atoms with van der Waals surface area (Å²) in [5.74, 6) is 1.26. The summed E-state index contributed by atoms with van der Waals surface area (Å²) in [6, 6.07) is 7.68. The maximum absolute atomic E-state index is 12.7. The Morgan fingerprint density at radius 3 is 2.92 bits per heavy atom. The molecule has 3 rings (SSSR count). The van der Waals surface area contributed by atoms with Crippen molar-refractivity contribution in [2.24, 2.45) is 5.92 Å². The first-order valence-corrected chi connectivity index (χ1v) is 8.27. The number of aryl methyl sites for hydroxylation is 1. The highest BCUT2D eigenvalue weighted by molar-refractivity contribution is 5.92. The Bertz CT molecular complexity index is 732. The van der Waals surface area contributed by atoms with Gasteiger partial charge in [-0.3, -0.25) is 4.79 Å². The number of hydrogen-bond acceptors (Lipinski definition) is 4. The van der Waals surface area contributed by atoms with Gasteiger partial charge in [-0.05, 0) is 56.6 Å². The van der Waals surface area contributed by atoms with Gasteiger partial charge in [-0.2, -0.15) is 5.10 Å². The van der Waals surface area contributed by atoms with E-state index in [1.165, 1.54) is 0 Å². The van der Waals surface area contributed by atoms with Gasteiger partial charge in [0, 0.05) is 19.3 Å². The van der Waals surface area contributed by atoms with E-state index in [9.17, 15) is 4.79 Å². The Morgan fingerprint density at radius 2 is 2.20 bits per heavy atom. The van der Waals surface area contributed by atoms with Gasteiger partial charge in [0.1, 0.15) is 11.4 Å². The maximum atomic E-state index is 12.7. The number of nitrogens with zero attached hydrogens (tertiary/aromatic N) is 3. The molecular formula is C18H25ClN4O2. The number of rotatable bonds is 5. The first-order chi connectivity index (χ1) is 11.6. The van der Waals surface area contributed by atoms with Crippen LogP contribution < -0.4 is 10.1 Å². The summed E-state index contributed by atoms with van der Waals surface area (Å²) in [6.07, 6.45) is 2.85. The van der Waals surface area contributed by atoms with Crippen molar-refractivity contribution in [2.45, 2.75) is 13.3 Å². The molecule has 7 heteroatoms. The Kier molecular flexibility index (Phi) is 6.45. The standard InChI is InChI=1S/C18H24N4O2.ClH/c1-13-4-5-17(24-3)16(10-13)22-9-7-15(20-22)18(23)21-8-6-14(12-21)11-19-2;/h4-5,7,9-10,14,19H,6,8,11-12H2,1-3H3;1H. The zero-order chi connectivity index (χ0) is 17.1. The van der Waals surface area contributed by atoms with Gasteiger partial charge in [-0.1, -0.05) is 6.07 Å². The molecule has 25 heavy (non-hydrogen) atoms. The maximum Gasteiger partial charge on any atom is 0.274 e. The second-order valence-corrected chi connectivity index (χ2v) is 6.28. The number of hydrogen-bond donors (Lipinski definition) is 1. The molecule has 0 aliphatic carbocycles. The van der Waals surface area contributed by atoms with E-state index in [0.717, 1.165) is 43.1 Å². The second kappa shape index (κ2) is 8.36. The van der Waals surface area contributed by atoms with E-state index in [1.807, 2.05) is 43.3 Å². The summed E-state index contributed by atoms with van der Waals surface area (Å²) in [5.41, 5.74) is 2.43. The van der Waals surface area contributed by atoms with E-state index < -0.39 is 0 Å². The van der Waals surface area contributed by atoms with E-state index in [4.69, 9.17) is 4.74 Å². The molecule has 0 saturated carbocycles. The van der Waals surface area contributed by atoms with Crippen LogP contribution in [0.4, 0.5) is 0 Å². The third-order valence-corrected chi connectivity index (χ3v) is 4.46. The van der Waals surface area contributed by atoms with E-state index in [1.54, 1.807) is 17.9 Å². The number of aromatic nitrogens is 2. The molecule has 0 radical (unpaired) electrons. The van der Waals surface area contributed by atoms with Gasteiger partial charge in [0.05, 0.1) is 7.11 Å². The van der Waals surface area contributed by atoms with Crippen molar-refractivity contribution in [1.82, 2.24) is 20.0 Å². The first-order valence-electron chi connectivity index (χ1n) is 8.27. The molecular weight excluding hydrogens is 340 g/mol. The fourth-order valence-corrected chi connectivity index (χ4v) is 3.19. The largest absolute Gasteiger partial charge is 0.494 e. The minimum Gasteiger partial charge on any atom is -0.494 e. The number of nitrogens with one attached hydrogen (secondary N) is 1. The quantitative estimate of drug-likeness (QED) is 0.884. The molecule has 1 aromatic heterocycles. The van der Waals surface area contributed by atoms with Crippen LogP contribution in [0, 0.1) is 12.8 Å². The lowest BCUT2D eigenvalue weighted by molar-refractivity contribution is 0.0781. The fraction of sp³-hybridized carbons (Fsp3) is 0.444. The van der Waals surface area contributed by atoms with Crippen LogP contribution in [0.2, 0.25) is 0 Å². The van der Waals surface area contributed by atoms with E-state index in [0.29, 0.717) is 11.6 Å². The topological polar surface area (TPSA) is 59.4 Å². The van der Waals surface area contributed by atoms with Crippen LogP contribution in [-0.4, -0.2) is 54.4 Å². The lowest BCUT2D eigenvalue weighted by atomic mass is 10.1. The highest BCUT2D eigenvalue weighted by Crippen LogP contribution is 2.24. The van der Waals surface area contributed by atoms with Crippen molar-refractivity contribution in [1.29, 1.82) is 0 Å². The summed E-state index contributed by atoms with van der Waals surface area (Å²) >= 11 is 0. The number of benzene rings is 1. The van der Waals surface area contributed by atoms with E-state index in [-0.39, 0.29) is 18.3 Å². The molecule has 2 heterocycles. The number of halogens is 1. The minimum absolute atomic E-state index is 0. The van der Waals surface area contributed by atoms with Crippen molar-refractivity contribution < 1.29 is 9.53 Å². The Labute approximate surface area is 154 Å². The lowest BCUT2D eigenvalue weighted by Gasteiger charge is -2.15. The van der Waals surface area contributed by atoms with E-state index in [2.05, 4.69) is 10.4 Å². The van der Waals surface area contributed by atoms with Crippen molar-refractivity contribution >= 4 is 18.3 Å². The van der Waals surface area contributed by atoms with Crippen LogP contribution >= 0.6 is 12.4 Å². The summed E-state index contributed by atoms with van der Waals surface area (Å²) in [4.78, 5) is 14.6. The Balaban J connectivity index is 0.00000225. The normalized spacial score (nSPS) is 16.6. The zero-order valence-corrected chi connectivity index (χ0v) is 15.7. The van der Waals surface area contributed by atoms with Crippen LogP contribution in [0.15, 0.2) is 30.5 Å². The summed E-state index contributed by atoms with van der Waals surface area (Å²) < 4.78 is 7.11. The van der Waals surface area contributed by atoms with Crippen molar-refractivity contribution in [3.63, 3.8) is 0 Å². The van der Waals surface area contributed by atoms with Crippen molar-refractivity contribution in [2.75, 3.05) is 33.8 Å². The highest BCUT2D eigenvalue weighted by atomic mass is 35.5. The molecule has 1 fully saturated rings. The number of methoxy groups -OCH3 is 1. The number of amides is 1. The third-order valence-electron chi connectivity index (χ3n) is 4.46. The van der Waals surface area contributed by atoms with Crippen molar-refractivity contribution in [3.05, 3.63) is 41.7 Å². The molecule has 1 aliphatic rings. The molecule has 1 amide bonds. The molecule has 0 bridgehead atoms. The number of carbonyl (C=O) groups is 1. The average Bonchev–Trinajstić information content (AvgIpc) is 3.24. The predicted octanol–water partition coefficient (Wildman–Crippen LogP) is 2.29. The minimum atomic E-state index is -0.000951. The molecule has 1 saturated heterocycles. The Morgan fingerprint density at radius 1 is 1.40 bits per heavy atom. The van der Waals surface area contributed by atoms with Crippen LogP contribution in [0.5, 0.6) is 5.75 Å². The summed E-state index contributed by atoms with van der Waals surface area (Å²) in [5, 5.41) is 7.66. The van der Waals surface area contributed by atoms with Crippen LogP contribution in [0.25, 0.3) is 5.69 Å². The van der Waals surface area contributed by atoms with Gasteiger partial charge in [0.25, 0.3) is 5.91 Å². The smallest absolute Gasteiger partial charge is 0.274 e. The fourth-order valence-electron chi connectivity index (χ4n) is 3.19. The number of carbonyl (C=O) groups excluding carboxylic acids is 1. The predicted molar refractivity (Wildman–Crippen MR) is 100 cm³/mol. The highest BCUT2D eigenvalue weighted by Gasteiger charge is 2.27. The average molecular weight is 365 g/mol. The SMILES string of the molecule is CNCC1CCN(C(=O)c2ccn(-c3cc(C)ccc3OC)n2)C1.Cl. The molecule has 1 unspecified atom stereocenters. The molecule has 1 atom stereocenters. The van der Waals surface area contributed by atoms with Gasteiger partial charge in [0.15, 0.2) is 5.69 Å². The van der Waals surface area contributed by atoms with Gasteiger partial charge in [-0.15, -0.1) is 12.4 Å². The number of likely N-dealkylation sites (tertiary alicyclic amines) is 1. The van der Waals surface area contributed by atoms with Gasteiger partial charge in [0.2, 0.25) is 0 Å². The van der Waals surface area contributed by atoms with Crippen LogP contribution in [-0.2, 0) is 0 Å². The summed E-state index contributed by atoms with van der Waals surface area (Å²) in [7, 11) is 3.58. The van der Waals surface area contributed by atoms with Gasteiger partial charge in [-0.25, -0.2) is 4.68 Å². The Hall–Kier alpha value is -2.05. The van der Waals surface area contributed by atoms with Crippen molar-refractivity contribution in [3.8, 4) is 11.4 Å². The van der Waals surface area contributed by atoms with E-state index >= 15 is 0 Å². The van der Waals surface area contributed by atoms with Crippen LogP contribution in [0.1, 0.15) is 22.5 Å². The molecule has 1 aromatic carbocycles. The first kappa shape index (κ1) is 19.3. The van der Waals surface area contributed by atoms with Crippen LogP contribution in [0.3, 0.4) is 0 Å². The molecule has 2 aromatic rings. The zero-order valence-electron chi connectivity index (χ0n) is 14.9.